The maximum atomic E-state index is 9.47. The van der Waals surface area contributed by atoms with Gasteiger partial charge in [0.15, 0.2) is 0 Å². The first-order valence-electron chi connectivity index (χ1n) is 5.47. The fraction of sp³-hybridized carbons (Fsp3) is 0. The summed E-state index contributed by atoms with van der Waals surface area (Å²) in [6.45, 7) is 0. The van der Waals surface area contributed by atoms with Gasteiger partial charge in [0, 0.05) is 17.1 Å². The van der Waals surface area contributed by atoms with Crippen molar-refractivity contribution in [2.45, 2.75) is 0 Å². The highest BCUT2D eigenvalue weighted by Crippen LogP contribution is 2.24. The van der Waals surface area contributed by atoms with Crippen LogP contribution >= 0.6 is 0 Å². The van der Waals surface area contributed by atoms with Crippen molar-refractivity contribution in [2.24, 2.45) is 0 Å². The van der Waals surface area contributed by atoms with Crippen LogP contribution in [0.2, 0.25) is 0 Å². The summed E-state index contributed by atoms with van der Waals surface area (Å²) in [5.74, 6) is 0.280. The van der Waals surface area contributed by atoms with E-state index in [0.29, 0.717) is 0 Å². The van der Waals surface area contributed by atoms with Gasteiger partial charge in [0.05, 0.1) is 5.69 Å². The van der Waals surface area contributed by atoms with E-state index in [1.54, 1.807) is 12.1 Å². The normalized spacial score (nSPS) is 10.6. The van der Waals surface area contributed by atoms with Crippen molar-refractivity contribution in [1.82, 2.24) is 4.98 Å². The highest BCUT2D eigenvalue weighted by atomic mass is 16.3. The van der Waals surface area contributed by atoms with Crippen molar-refractivity contribution in [1.29, 1.82) is 0 Å². The second-order valence-corrected chi connectivity index (χ2v) is 3.97. The Labute approximate surface area is 99.2 Å². The Balaban J connectivity index is 2.19. The van der Waals surface area contributed by atoms with Gasteiger partial charge in [-0.1, -0.05) is 30.3 Å². The van der Waals surface area contributed by atoms with Crippen molar-refractivity contribution in [2.75, 3.05) is 0 Å². The van der Waals surface area contributed by atoms with Crippen LogP contribution in [0.1, 0.15) is 0 Å². The molecule has 3 aromatic rings. The summed E-state index contributed by atoms with van der Waals surface area (Å²) in [7, 11) is 0. The van der Waals surface area contributed by atoms with Gasteiger partial charge in [0.1, 0.15) is 5.75 Å². The molecular weight excluding hydrogens is 210 g/mol. The zero-order valence-electron chi connectivity index (χ0n) is 9.17. The Bertz CT molecular complexity index is 662. The van der Waals surface area contributed by atoms with Crippen LogP contribution in [-0.2, 0) is 0 Å². The summed E-state index contributed by atoms with van der Waals surface area (Å²) in [5, 5.41) is 11.5. The lowest BCUT2D eigenvalue weighted by Crippen LogP contribution is -1.83. The van der Waals surface area contributed by atoms with Crippen molar-refractivity contribution in [3.05, 3.63) is 60.8 Å². The summed E-state index contributed by atoms with van der Waals surface area (Å²) in [6, 6.07) is 17.3. The van der Waals surface area contributed by atoms with Crippen LogP contribution in [0.5, 0.6) is 5.75 Å². The highest BCUT2D eigenvalue weighted by molar-refractivity contribution is 5.86. The number of pyridine rings is 1. The highest BCUT2D eigenvalue weighted by Gasteiger charge is 2.01. The minimum atomic E-state index is 0.280. The third kappa shape index (κ3) is 1.85. The Morgan fingerprint density at radius 2 is 1.65 bits per heavy atom. The molecule has 0 atom stereocenters. The number of hydrogen-bond donors (Lipinski definition) is 1. The number of nitrogens with zero attached hydrogens (tertiary/aromatic N) is 1. The fourth-order valence-corrected chi connectivity index (χ4v) is 1.90. The zero-order chi connectivity index (χ0) is 11.7. The molecule has 1 N–H and O–H groups in total. The number of benzene rings is 2. The molecule has 0 aliphatic heterocycles. The standard InChI is InChI=1S/C15H11NO/c17-14-7-6-12-10-16-15(9-13(12)8-14)11-4-2-1-3-5-11/h1-10,17H. The predicted molar refractivity (Wildman–Crippen MR) is 68.8 cm³/mol. The van der Waals surface area contributed by atoms with E-state index in [2.05, 4.69) is 4.98 Å². The van der Waals surface area contributed by atoms with Gasteiger partial charge < -0.3 is 5.11 Å². The number of aromatic nitrogens is 1. The van der Waals surface area contributed by atoms with Crippen molar-refractivity contribution in [3.63, 3.8) is 0 Å². The molecule has 3 rings (SSSR count). The van der Waals surface area contributed by atoms with Gasteiger partial charge in [-0.05, 0) is 29.7 Å². The third-order valence-corrected chi connectivity index (χ3v) is 2.77. The van der Waals surface area contributed by atoms with Crippen molar-refractivity contribution >= 4 is 10.8 Å². The molecule has 0 fully saturated rings. The molecule has 0 saturated carbocycles. The molecule has 1 aromatic heterocycles. The molecule has 0 aliphatic rings. The van der Waals surface area contributed by atoms with Gasteiger partial charge in [-0.2, -0.15) is 0 Å². The maximum absolute atomic E-state index is 9.47. The molecule has 0 amide bonds. The second kappa shape index (κ2) is 3.91. The summed E-state index contributed by atoms with van der Waals surface area (Å²) in [5.41, 5.74) is 2.00. The van der Waals surface area contributed by atoms with E-state index in [-0.39, 0.29) is 5.75 Å². The van der Waals surface area contributed by atoms with Gasteiger partial charge >= 0.3 is 0 Å². The number of phenolic OH excluding ortho intramolecular Hbond substituents is 1. The summed E-state index contributed by atoms with van der Waals surface area (Å²) in [4.78, 5) is 4.43. The number of fused-ring (bicyclic) bond motifs is 1. The van der Waals surface area contributed by atoms with E-state index in [1.165, 1.54) is 0 Å². The molecule has 0 bridgehead atoms. The van der Waals surface area contributed by atoms with E-state index < -0.39 is 0 Å². The largest absolute Gasteiger partial charge is 0.508 e. The van der Waals surface area contributed by atoms with E-state index in [0.717, 1.165) is 22.0 Å². The molecule has 82 valence electrons. The van der Waals surface area contributed by atoms with E-state index in [1.807, 2.05) is 48.7 Å². The lowest BCUT2D eigenvalue weighted by Gasteiger charge is -2.03. The van der Waals surface area contributed by atoms with Crippen LogP contribution in [-0.4, -0.2) is 10.1 Å². The average molecular weight is 221 g/mol. The predicted octanol–water partition coefficient (Wildman–Crippen LogP) is 3.61. The van der Waals surface area contributed by atoms with Gasteiger partial charge in [0.25, 0.3) is 0 Å². The first-order valence-corrected chi connectivity index (χ1v) is 5.47. The van der Waals surface area contributed by atoms with Gasteiger partial charge in [-0.15, -0.1) is 0 Å². The lowest BCUT2D eigenvalue weighted by molar-refractivity contribution is 0.476. The van der Waals surface area contributed by atoms with Crippen LogP contribution in [0.25, 0.3) is 22.0 Å². The smallest absolute Gasteiger partial charge is 0.116 e. The summed E-state index contributed by atoms with van der Waals surface area (Å²) in [6.07, 6.45) is 1.83. The van der Waals surface area contributed by atoms with Crippen LogP contribution in [0, 0.1) is 0 Å². The first kappa shape index (κ1) is 9.85. The molecule has 0 radical (unpaired) electrons. The minimum absolute atomic E-state index is 0.280. The molecule has 17 heavy (non-hydrogen) atoms. The first-order chi connectivity index (χ1) is 8.33. The molecule has 0 aliphatic carbocycles. The summed E-state index contributed by atoms with van der Waals surface area (Å²) >= 11 is 0. The van der Waals surface area contributed by atoms with E-state index in [4.69, 9.17) is 0 Å². The molecule has 0 unspecified atom stereocenters. The SMILES string of the molecule is Oc1ccc2cnc(-c3ccccc3)cc2c1. The lowest BCUT2D eigenvalue weighted by atomic mass is 10.1. The number of phenols is 1. The topological polar surface area (TPSA) is 33.1 Å². The van der Waals surface area contributed by atoms with Gasteiger partial charge in [-0.25, -0.2) is 0 Å². The Kier molecular flexibility index (Phi) is 2.26. The maximum Gasteiger partial charge on any atom is 0.116 e. The van der Waals surface area contributed by atoms with Gasteiger partial charge in [-0.3, -0.25) is 4.98 Å². The number of rotatable bonds is 1. The van der Waals surface area contributed by atoms with Gasteiger partial charge in [0.2, 0.25) is 0 Å². The molecule has 1 heterocycles. The van der Waals surface area contributed by atoms with Crippen LogP contribution in [0.15, 0.2) is 60.8 Å². The van der Waals surface area contributed by atoms with Crippen molar-refractivity contribution in [3.8, 4) is 17.0 Å². The van der Waals surface area contributed by atoms with Crippen LogP contribution < -0.4 is 0 Å². The quantitative estimate of drug-likeness (QED) is 0.681. The fourth-order valence-electron chi connectivity index (χ4n) is 1.90. The van der Waals surface area contributed by atoms with E-state index in [9.17, 15) is 5.11 Å². The Morgan fingerprint density at radius 1 is 0.824 bits per heavy atom. The monoisotopic (exact) mass is 221 g/mol. The molecule has 2 aromatic carbocycles. The van der Waals surface area contributed by atoms with Crippen LogP contribution in [0.3, 0.4) is 0 Å². The Morgan fingerprint density at radius 3 is 2.47 bits per heavy atom. The molecule has 0 saturated heterocycles. The van der Waals surface area contributed by atoms with E-state index >= 15 is 0 Å². The number of aromatic hydroxyl groups is 1. The van der Waals surface area contributed by atoms with Crippen LogP contribution in [0.4, 0.5) is 0 Å². The summed E-state index contributed by atoms with van der Waals surface area (Å²) < 4.78 is 0. The molecule has 2 nitrogen and oxygen atoms in total. The average Bonchev–Trinajstić information content (AvgIpc) is 2.39. The van der Waals surface area contributed by atoms with Crippen molar-refractivity contribution < 1.29 is 5.11 Å². The second-order valence-electron chi connectivity index (χ2n) is 3.97. The molecule has 0 spiro atoms. The Hall–Kier alpha value is -2.35. The molecular formula is C15H11NO. The molecule has 2 heteroatoms. The zero-order valence-corrected chi connectivity index (χ0v) is 9.17. The minimum Gasteiger partial charge on any atom is -0.508 e. The third-order valence-electron chi connectivity index (χ3n) is 2.77. The number of hydrogen-bond acceptors (Lipinski definition) is 2.